The molecule has 2 aromatic carbocycles. The number of carbonyl (C=O) groups is 1. The van der Waals surface area contributed by atoms with Crippen molar-refractivity contribution in [1.29, 1.82) is 0 Å². The van der Waals surface area contributed by atoms with Crippen LogP contribution in [0.5, 0.6) is 0 Å². The second kappa shape index (κ2) is 5.62. The number of hydrogen-bond acceptors (Lipinski definition) is 3. The lowest BCUT2D eigenvalue weighted by Crippen LogP contribution is -1.98. The lowest BCUT2D eigenvalue weighted by molar-refractivity contribution is 0.0697. The summed E-state index contributed by atoms with van der Waals surface area (Å²) in [5.74, 6) is -0.937. The van der Waals surface area contributed by atoms with Gasteiger partial charge in [0.1, 0.15) is 11.8 Å². The summed E-state index contributed by atoms with van der Waals surface area (Å²) < 4.78 is 1.93. The molecule has 24 heavy (non-hydrogen) atoms. The molecular weight excluding hydrogens is 302 g/mol. The van der Waals surface area contributed by atoms with E-state index in [2.05, 4.69) is 9.97 Å². The van der Waals surface area contributed by atoms with Crippen molar-refractivity contribution in [3.05, 3.63) is 78.8 Å². The van der Waals surface area contributed by atoms with Crippen molar-refractivity contribution in [2.24, 2.45) is 0 Å². The van der Waals surface area contributed by atoms with Gasteiger partial charge in [0.25, 0.3) is 0 Å². The highest BCUT2D eigenvalue weighted by Gasteiger charge is 2.09. The summed E-state index contributed by atoms with van der Waals surface area (Å²) >= 11 is 0. The number of rotatable bonds is 3. The molecule has 0 bridgehead atoms. The van der Waals surface area contributed by atoms with Crippen molar-refractivity contribution in [2.75, 3.05) is 0 Å². The Bertz CT molecular complexity index is 1020. The van der Waals surface area contributed by atoms with Crippen molar-refractivity contribution in [1.82, 2.24) is 14.5 Å². The fourth-order valence-electron chi connectivity index (χ4n) is 2.65. The molecule has 2 heterocycles. The van der Waals surface area contributed by atoms with E-state index in [-0.39, 0.29) is 5.56 Å². The largest absolute Gasteiger partial charge is 0.478 e. The van der Waals surface area contributed by atoms with E-state index in [1.165, 1.54) is 0 Å². The SMILES string of the molecule is O=C(O)c1ccc(-n2cnc3cnc(-c4ccccc4)cc32)cc1. The number of carboxylic acids is 1. The molecule has 0 unspecified atom stereocenters. The average Bonchev–Trinajstić information content (AvgIpc) is 3.05. The van der Waals surface area contributed by atoms with E-state index < -0.39 is 5.97 Å². The minimum absolute atomic E-state index is 0.259. The number of imidazole rings is 1. The maximum atomic E-state index is 11.0. The van der Waals surface area contributed by atoms with Crippen LogP contribution in [0.3, 0.4) is 0 Å². The minimum Gasteiger partial charge on any atom is -0.478 e. The van der Waals surface area contributed by atoms with Crippen molar-refractivity contribution in [2.45, 2.75) is 0 Å². The van der Waals surface area contributed by atoms with Gasteiger partial charge in [0.15, 0.2) is 0 Å². The summed E-state index contributed by atoms with van der Waals surface area (Å²) in [6.45, 7) is 0. The third kappa shape index (κ3) is 2.42. The molecule has 0 spiro atoms. The first-order valence-corrected chi connectivity index (χ1v) is 7.44. The molecule has 5 heteroatoms. The number of nitrogens with zero attached hydrogens (tertiary/aromatic N) is 3. The van der Waals surface area contributed by atoms with Crippen molar-refractivity contribution in [3.63, 3.8) is 0 Å². The smallest absolute Gasteiger partial charge is 0.335 e. The highest BCUT2D eigenvalue weighted by molar-refractivity contribution is 5.88. The molecule has 0 saturated carbocycles. The van der Waals surface area contributed by atoms with E-state index >= 15 is 0 Å². The van der Waals surface area contributed by atoms with Crippen LogP contribution in [0.2, 0.25) is 0 Å². The molecule has 0 aliphatic carbocycles. The number of pyridine rings is 1. The summed E-state index contributed by atoms with van der Waals surface area (Å²) in [5.41, 5.74) is 4.73. The van der Waals surface area contributed by atoms with Crippen LogP contribution in [0.1, 0.15) is 10.4 Å². The van der Waals surface area contributed by atoms with E-state index in [1.807, 2.05) is 41.0 Å². The first-order chi connectivity index (χ1) is 11.7. The Balaban J connectivity index is 1.83. The molecule has 0 atom stereocenters. The van der Waals surface area contributed by atoms with Crippen LogP contribution in [-0.4, -0.2) is 25.6 Å². The highest BCUT2D eigenvalue weighted by atomic mass is 16.4. The normalized spacial score (nSPS) is 10.8. The summed E-state index contributed by atoms with van der Waals surface area (Å²) in [7, 11) is 0. The molecule has 4 aromatic rings. The molecule has 0 aliphatic rings. The number of aromatic carboxylic acids is 1. The third-order valence-corrected chi connectivity index (χ3v) is 3.90. The molecule has 0 fully saturated rings. The van der Waals surface area contributed by atoms with Gasteiger partial charge in [0.2, 0.25) is 0 Å². The predicted octanol–water partition coefficient (Wildman–Crippen LogP) is 3.79. The predicted molar refractivity (Wildman–Crippen MR) is 91.3 cm³/mol. The Labute approximate surface area is 137 Å². The minimum atomic E-state index is -0.937. The van der Waals surface area contributed by atoms with Crippen molar-refractivity contribution >= 4 is 17.0 Å². The zero-order valence-electron chi connectivity index (χ0n) is 12.6. The molecule has 1 N–H and O–H groups in total. The number of fused-ring (bicyclic) bond motifs is 1. The lowest BCUT2D eigenvalue weighted by atomic mass is 10.1. The third-order valence-electron chi connectivity index (χ3n) is 3.90. The zero-order valence-corrected chi connectivity index (χ0v) is 12.6. The van der Waals surface area contributed by atoms with Crippen molar-refractivity contribution in [3.8, 4) is 16.9 Å². The molecule has 0 amide bonds. The van der Waals surface area contributed by atoms with Crippen molar-refractivity contribution < 1.29 is 9.90 Å². The van der Waals surface area contributed by atoms with Gasteiger partial charge in [0.05, 0.1) is 23.0 Å². The van der Waals surface area contributed by atoms with Gasteiger partial charge in [-0.3, -0.25) is 9.55 Å². The lowest BCUT2D eigenvalue weighted by Gasteiger charge is -2.06. The molecule has 0 saturated heterocycles. The van der Waals surface area contributed by atoms with Gasteiger partial charge < -0.3 is 5.11 Å². The number of hydrogen-bond donors (Lipinski definition) is 1. The monoisotopic (exact) mass is 315 g/mol. The summed E-state index contributed by atoms with van der Waals surface area (Å²) in [4.78, 5) is 19.8. The topological polar surface area (TPSA) is 68.0 Å². The molecule has 0 radical (unpaired) electrons. The number of aromatic nitrogens is 3. The first-order valence-electron chi connectivity index (χ1n) is 7.44. The maximum Gasteiger partial charge on any atom is 0.335 e. The summed E-state index contributed by atoms with van der Waals surface area (Å²) in [6, 6.07) is 18.6. The van der Waals surface area contributed by atoms with Gasteiger partial charge in [0, 0.05) is 11.3 Å². The van der Waals surface area contributed by atoms with E-state index in [9.17, 15) is 4.79 Å². The van der Waals surface area contributed by atoms with E-state index in [4.69, 9.17) is 5.11 Å². The molecule has 2 aromatic heterocycles. The van der Waals surface area contributed by atoms with Crippen LogP contribution >= 0.6 is 0 Å². The zero-order chi connectivity index (χ0) is 16.5. The number of benzene rings is 2. The van der Waals surface area contributed by atoms with Crippen LogP contribution in [0.15, 0.2) is 73.2 Å². The molecule has 5 nitrogen and oxygen atoms in total. The molecular formula is C19H13N3O2. The Morgan fingerprint density at radius 3 is 2.42 bits per heavy atom. The second-order valence-electron chi connectivity index (χ2n) is 5.39. The maximum absolute atomic E-state index is 11.0. The Morgan fingerprint density at radius 2 is 1.71 bits per heavy atom. The van der Waals surface area contributed by atoms with Crippen LogP contribution in [0, 0.1) is 0 Å². The summed E-state index contributed by atoms with van der Waals surface area (Å²) in [6.07, 6.45) is 3.47. The second-order valence-corrected chi connectivity index (χ2v) is 5.39. The Morgan fingerprint density at radius 1 is 0.958 bits per heavy atom. The fraction of sp³-hybridized carbons (Fsp3) is 0. The fourth-order valence-corrected chi connectivity index (χ4v) is 2.65. The highest BCUT2D eigenvalue weighted by Crippen LogP contribution is 2.23. The van der Waals surface area contributed by atoms with Gasteiger partial charge in [-0.05, 0) is 30.3 Å². The van der Waals surface area contributed by atoms with Crippen LogP contribution < -0.4 is 0 Å². The quantitative estimate of drug-likeness (QED) is 0.624. The molecule has 116 valence electrons. The van der Waals surface area contributed by atoms with Gasteiger partial charge in [-0.2, -0.15) is 0 Å². The van der Waals surface area contributed by atoms with Crippen LogP contribution in [-0.2, 0) is 0 Å². The van der Waals surface area contributed by atoms with Gasteiger partial charge in [-0.25, -0.2) is 9.78 Å². The Hall–Kier alpha value is -3.47. The van der Waals surface area contributed by atoms with Crippen LogP contribution in [0.4, 0.5) is 0 Å². The summed E-state index contributed by atoms with van der Waals surface area (Å²) in [5, 5.41) is 9.01. The first kappa shape index (κ1) is 14.1. The average molecular weight is 315 g/mol. The molecule has 4 rings (SSSR count). The van der Waals surface area contributed by atoms with E-state index in [1.54, 1.807) is 36.8 Å². The van der Waals surface area contributed by atoms with E-state index in [0.29, 0.717) is 0 Å². The van der Waals surface area contributed by atoms with Gasteiger partial charge >= 0.3 is 5.97 Å². The van der Waals surface area contributed by atoms with Gasteiger partial charge in [-0.15, -0.1) is 0 Å². The van der Waals surface area contributed by atoms with E-state index in [0.717, 1.165) is 28.0 Å². The van der Waals surface area contributed by atoms with Gasteiger partial charge in [-0.1, -0.05) is 30.3 Å². The Kier molecular flexibility index (Phi) is 3.31. The van der Waals surface area contributed by atoms with Crippen LogP contribution in [0.25, 0.3) is 28.0 Å². The molecule has 0 aliphatic heterocycles. The number of carboxylic acid groups (broad SMARTS) is 1. The standard InChI is InChI=1S/C19H13N3O2/c23-19(24)14-6-8-15(9-7-14)22-12-21-17-11-20-16(10-18(17)22)13-4-2-1-3-5-13/h1-12H,(H,23,24).